The normalized spacial score (nSPS) is 20.9. The molecule has 2 fully saturated rings. The molecule has 9 heteroatoms. The predicted octanol–water partition coefficient (Wildman–Crippen LogP) is 3.33. The fourth-order valence-electron chi connectivity index (χ4n) is 4.30. The molecule has 3 aromatic rings. The molecule has 1 aliphatic carbocycles. The molecule has 166 valence electrons. The molecule has 1 amide bonds. The van der Waals surface area contributed by atoms with Crippen LogP contribution < -0.4 is 0 Å². The van der Waals surface area contributed by atoms with E-state index in [0.717, 1.165) is 25.7 Å². The minimum Gasteiger partial charge on any atom is -0.464 e. The van der Waals surface area contributed by atoms with E-state index in [4.69, 9.17) is 9.15 Å². The summed E-state index contributed by atoms with van der Waals surface area (Å²) in [7, 11) is 1.35. The van der Waals surface area contributed by atoms with Gasteiger partial charge >= 0.3 is 5.97 Å². The molecule has 0 radical (unpaired) electrons. The summed E-state index contributed by atoms with van der Waals surface area (Å²) in [5.41, 5.74) is 1.45. The first-order valence-electron chi connectivity index (χ1n) is 10.9. The Balaban J connectivity index is 1.43. The van der Waals surface area contributed by atoms with Crippen molar-refractivity contribution in [2.75, 3.05) is 13.7 Å². The number of hydrogen-bond donors (Lipinski definition) is 0. The minimum absolute atomic E-state index is 0.0651. The highest BCUT2D eigenvalue weighted by Gasteiger charge is 2.38. The van der Waals surface area contributed by atoms with E-state index in [2.05, 4.69) is 15.2 Å². The molecule has 2 aromatic heterocycles. The molecular formula is C23H25N5O4. The number of carbonyl (C=O) groups is 2. The van der Waals surface area contributed by atoms with Crippen LogP contribution in [0.1, 0.15) is 76.9 Å². The van der Waals surface area contributed by atoms with Crippen LogP contribution in [0, 0.1) is 0 Å². The van der Waals surface area contributed by atoms with Gasteiger partial charge in [-0.1, -0.05) is 12.1 Å². The third kappa shape index (κ3) is 3.68. The van der Waals surface area contributed by atoms with E-state index in [1.54, 1.807) is 18.5 Å². The Kier molecular flexibility index (Phi) is 5.24. The molecule has 0 N–H and O–H groups in total. The Morgan fingerprint density at radius 2 is 1.78 bits per heavy atom. The van der Waals surface area contributed by atoms with Crippen molar-refractivity contribution in [2.24, 2.45) is 0 Å². The Morgan fingerprint density at radius 3 is 2.50 bits per heavy atom. The summed E-state index contributed by atoms with van der Waals surface area (Å²) in [6.45, 7) is 2.51. The van der Waals surface area contributed by atoms with E-state index in [0.29, 0.717) is 29.4 Å². The van der Waals surface area contributed by atoms with Crippen molar-refractivity contribution in [2.45, 2.75) is 50.5 Å². The van der Waals surface area contributed by atoms with Gasteiger partial charge in [-0.15, -0.1) is 0 Å². The maximum absolute atomic E-state index is 13.6. The zero-order valence-electron chi connectivity index (χ0n) is 18.1. The lowest BCUT2D eigenvalue weighted by molar-refractivity contribution is 0.0582. The number of benzene rings is 1. The van der Waals surface area contributed by atoms with Crippen molar-refractivity contribution in [1.82, 2.24) is 24.9 Å². The van der Waals surface area contributed by atoms with Crippen LogP contribution in [-0.4, -0.2) is 56.5 Å². The second-order valence-corrected chi connectivity index (χ2v) is 8.45. The average Bonchev–Trinajstić information content (AvgIpc) is 3.33. The number of rotatable bonds is 5. The topological polar surface area (TPSA) is 103 Å². The summed E-state index contributed by atoms with van der Waals surface area (Å²) in [6, 6.07) is 7.39. The van der Waals surface area contributed by atoms with E-state index in [9.17, 15) is 9.59 Å². The van der Waals surface area contributed by atoms with Gasteiger partial charge in [-0.3, -0.25) is 4.79 Å². The minimum atomic E-state index is -0.473. The van der Waals surface area contributed by atoms with Crippen LogP contribution in [0.3, 0.4) is 0 Å². The molecule has 1 aliphatic heterocycles. The summed E-state index contributed by atoms with van der Waals surface area (Å²) in [5, 5.41) is 8.36. The fraction of sp³-hybridized carbons (Fsp3) is 0.435. The molecule has 2 aliphatic rings. The van der Waals surface area contributed by atoms with Crippen LogP contribution in [0.4, 0.5) is 0 Å². The molecule has 9 nitrogen and oxygen atoms in total. The van der Waals surface area contributed by atoms with Crippen LogP contribution in [0.5, 0.6) is 0 Å². The Morgan fingerprint density at radius 1 is 1.06 bits per heavy atom. The van der Waals surface area contributed by atoms with Crippen molar-refractivity contribution in [3.8, 4) is 5.69 Å². The van der Waals surface area contributed by atoms with Crippen molar-refractivity contribution in [3.05, 3.63) is 59.6 Å². The van der Waals surface area contributed by atoms with E-state index in [-0.39, 0.29) is 29.5 Å². The number of piperidine rings is 1. The van der Waals surface area contributed by atoms with Crippen molar-refractivity contribution < 1.29 is 18.7 Å². The van der Waals surface area contributed by atoms with Crippen LogP contribution >= 0.6 is 0 Å². The number of carbonyl (C=O) groups excluding carboxylic acids is 2. The largest absolute Gasteiger partial charge is 0.464 e. The highest BCUT2D eigenvalue weighted by Crippen LogP contribution is 2.43. The molecule has 2 atom stereocenters. The summed E-state index contributed by atoms with van der Waals surface area (Å²) < 4.78 is 11.0. The van der Waals surface area contributed by atoms with E-state index in [1.165, 1.54) is 11.9 Å². The molecule has 5 rings (SSSR count). The fourth-order valence-corrected chi connectivity index (χ4v) is 4.30. The lowest BCUT2D eigenvalue weighted by Crippen LogP contribution is -2.45. The molecule has 32 heavy (non-hydrogen) atoms. The average molecular weight is 435 g/mol. The summed E-state index contributed by atoms with van der Waals surface area (Å²) >= 11 is 0. The number of nitrogens with zero attached hydrogens (tertiary/aromatic N) is 5. The molecule has 0 unspecified atom stereocenters. The molecule has 1 saturated heterocycles. The summed E-state index contributed by atoms with van der Waals surface area (Å²) in [5.74, 6) is 0.731. The van der Waals surface area contributed by atoms with Gasteiger partial charge in [0.2, 0.25) is 0 Å². The second-order valence-electron chi connectivity index (χ2n) is 8.45. The third-order valence-electron chi connectivity index (χ3n) is 6.26. The van der Waals surface area contributed by atoms with Crippen LogP contribution in [0.2, 0.25) is 0 Å². The molecular weight excluding hydrogens is 410 g/mol. The van der Waals surface area contributed by atoms with E-state index in [1.807, 2.05) is 30.0 Å². The van der Waals surface area contributed by atoms with E-state index < -0.39 is 5.97 Å². The highest BCUT2D eigenvalue weighted by molar-refractivity contribution is 5.98. The summed E-state index contributed by atoms with van der Waals surface area (Å²) in [4.78, 5) is 33.6. The monoisotopic (exact) mass is 435 g/mol. The van der Waals surface area contributed by atoms with Gasteiger partial charge in [-0.2, -0.15) is 15.0 Å². The third-order valence-corrected chi connectivity index (χ3v) is 6.26. The van der Waals surface area contributed by atoms with Gasteiger partial charge in [0.05, 0.1) is 36.7 Å². The number of para-hydroxylation sites is 1. The van der Waals surface area contributed by atoms with Crippen LogP contribution in [0.15, 0.2) is 41.1 Å². The number of esters is 1. The lowest BCUT2D eigenvalue weighted by atomic mass is 9.92. The number of methoxy groups -OCH3 is 1. The number of aromatic nitrogens is 4. The Labute approximate surface area is 185 Å². The zero-order valence-corrected chi connectivity index (χ0v) is 18.1. The predicted molar refractivity (Wildman–Crippen MR) is 114 cm³/mol. The zero-order chi connectivity index (χ0) is 22.2. The molecule has 1 aromatic carbocycles. The van der Waals surface area contributed by atoms with Crippen LogP contribution in [-0.2, 0) is 4.74 Å². The van der Waals surface area contributed by atoms with Crippen molar-refractivity contribution in [3.63, 3.8) is 0 Å². The molecule has 3 heterocycles. The molecule has 0 bridgehead atoms. The van der Waals surface area contributed by atoms with E-state index >= 15 is 0 Å². The van der Waals surface area contributed by atoms with Gasteiger partial charge in [0.15, 0.2) is 11.6 Å². The quantitative estimate of drug-likeness (QED) is 0.566. The van der Waals surface area contributed by atoms with Gasteiger partial charge in [0, 0.05) is 18.5 Å². The van der Waals surface area contributed by atoms with Crippen molar-refractivity contribution >= 4 is 11.9 Å². The van der Waals surface area contributed by atoms with Gasteiger partial charge in [-0.25, -0.2) is 9.78 Å². The smallest absolute Gasteiger partial charge is 0.360 e. The first-order valence-corrected chi connectivity index (χ1v) is 10.9. The second kappa shape index (κ2) is 8.22. The molecule has 0 spiro atoms. The van der Waals surface area contributed by atoms with Gasteiger partial charge in [-0.05, 0) is 44.7 Å². The standard InChI is InChI=1S/C23H25N5O4/c1-14-7-8-16(21-26-19(23(30)31-2)20(32-21)15-9-10-15)13-27(14)22(29)17-5-3-4-6-18(17)28-24-11-12-25-28/h3-6,11-12,14-16H,7-10,13H2,1-2H3/t14-,16-/m1/s1. The van der Waals surface area contributed by atoms with Gasteiger partial charge < -0.3 is 14.1 Å². The maximum atomic E-state index is 13.6. The first kappa shape index (κ1) is 20.4. The van der Waals surface area contributed by atoms with Crippen LogP contribution in [0.25, 0.3) is 5.69 Å². The first-order chi connectivity index (χ1) is 15.6. The number of ether oxygens (including phenoxy) is 1. The number of oxazole rings is 1. The van der Waals surface area contributed by atoms with Gasteiger partial charge in [0.25, 0.3) is 5.91 Å². The maximum Gasteiger partial charge on any atom is 0.360 e. The highest BCUT2D eigenvalue weighted by atomic mass is 16.5. The Bertz CT molecular complexity index is 1140. The lowest BCUT2D eigenvalue weighted by Gasteiger charge is -2.37. The molecule has 1 saturated carbocycles. The Hall–Kier alpha value is -3.49. The number of hydrogen-bond acceptors (Lipinski definition) is 7. The van der Waals surface area contributed by atoms with Gasteiger partial charge in [0.1, 0.15) is 5.76 Å². The number of likely N-dealkylation sites (tertiary alicyclic amines) is 1. The number of amides is 1. The SMILES string of the molecule is COC(=O)c1nc([C@@H]2CC[C@@H](C)N(C(=O)c3ccccc3-n3nccn3)C2)oc1C1CC1. The van der Waals surface area contributed by atoms with Crippen molar-refractivity contribution in [1.29, 1.82) is 0 Å². The summed E-state index contributed by atoms with van der Waals surface area (Å²) in [6.07, 6.45) is 6.79.